The van der Waals surface area contributed by atoms with E-state index in [2.05, 4.69) is 0 Å². The van der Waals surface area contributed by atoms with Crippen LogP contribution in [-0.2, 0) is 24.1 Å². The van der Waals surface area contributed by atoms with E-state index in [9.17, 15) is 31.1 Å². The normalized spacial score (nSPS) is 17.0. The molecule has 28 heavy (non-hydrogen) atoms. The Bertz CT molecular complexity index is 851. The Balaban J connectivity index is 1.81. The molecule has 9 heteroatoms. The zero-order valence-corrected chi connectivity index (χ0v) is 14.3. The average Bonchev–Trinajstić information content (AvgIpc) is 2.96. The van der Waals surface area contributed by atoms with Gasteiger partial charge >= 0.3 is 6.18 Å². The predicted molar refractivity (Wildman–Crippen MR) is 87.4 cm³/mol. The van der Waals surface area contributed by atoms with Gasteiger partial charge in [-0.2, -0.15) is 13.2 Å². The number of nitrogens with zero attached hydrogens (tertiary/aromatic N) is 1. The van der Waals surface area contributed by atoms with Crippen molar-refractivity contribution in [2.45, 2.75) is 31.7 Å². The number of carbonyl (C=O) groups excluding carboxylic acids is 1. The first-order chi connectivity index (χ1) is 13.2. The molecule has 0 spiro atoms. The van der Waals surface area contributed by atoms with Crippen molar-refractivity contribution in [3.63, 3.8) is 0 Å². The third-order valence-corrected chi connectivity index (χ3v) is 4.41. The summed E-state index contributed by atoms with van der Waals surface area (Å²) in [6.45, 7) is -0.658. The van der Waals surface area contributed by atoms with Crippen molar-refractivity contribution in [2.75, 3.05) is 6.61 Å². The van der Waals surface area contributed by atoms with Crippen LogP contribution in [0.2, 0.25) is 0 Å². The summed E-state index contributed by atoms with van der Waals surface area (Å²) in [7, 11) is 0. The first kappa shape index (κ1) is 20.2. The van der Waals surface area contributed by atoms with Crippen molar-refractivity contribution in [1.29, 1.82) is 0 Å². The van der Waals surface area contributed by atoms with Gasteiger partial charge in [0.15, 0.2) is 0 Å². The van der Waals surface area contributed by atoms with E-state index in [1.54, 1.807) is 12.1 Å². The summed E-state index contributed by atoms with van der Waals surface area (Å²) >= 11 is 0. The summed E-state index contributed by atoms with van der Waals surface area (Å²) in [4.78, 5) is 13.0. The first-order valence-corrected chi connectivity index (χ1v) is 8.27. The molecular formula is C19H15F6NO2. The first-order valence-electron chi connectivity index (χ1n) is 8.27. The van der Waals surface area contributed by atoms with Gasteiger partial charge in [-0.05, 0) is 41.0 Å². The Morgan fingerprint density at radius 2 is 1.86 bits per heavy atom. The summed E-state index contributed by atoms with van der Waals surface area (Å²) in [6.07, 6.45) is -6.99. The third-order valence-electron chi connectivity index (χ3n) is 4.41. The molecule has 2 aromatic rings. The molecule has 1 unspecified atom stereocenters. The van der Waals surface area contributed by atoms with Gasteiger partial charge in [-0.25, -0.2) is 13.2 Å². The summed E-state index contributed by atoms with van der Waals surface area (Å²) < 4.78 is 82.7. The molecule has 3 nitrogen and oxygen atoms in total. The lowest BCUT2D eigenvalue weighted by Gasteiger charge is -2.22. The van der Waals surface area contributed by atoms with Gasteiger partial charge in [-0.15, -0.1) is 0 Å². The highest BCUT2D eigenvalue weighted by Crippen LogP contribution is 2.43. The monoisotopic (exact) mass is 403 g/mol. The standard InChI is InChI=1S/C19H15F6NO2/c20-13-5-12-8-26(16(9-27)18(12)15(6-13)19(23,24)25)7-11-1-3-14(4-2-11)28-10-17(21)22/h1-6,9,16-17H,7-8,10H2. The lowest BCUT2D eigenvalue weighted by Crippen LogP contribution is -2.24. The second kappa shape index (κ2) is 7.83. The van der Waals surface area contributed by atoms with E-state index in [-0.39, 0.29) is 30.0 Å². The third kappa shape index (κ3) is 4.30. The molecule has 0 N–H and O–H groups in total. The Hall–Kier alpha value is -2.55. The van der Waals surface area contributed by atoms with Gasteiger partial charge in [0.1, 0.15) is 24.5 Å². The van der Waals surface area contributed by atoms with Crippen LogP contribution in [0.4, 0.5) is 26.3 Å². The number of benzene rings is 2. The molecule has 1 heterocycles. The minimum absolute atomic E-state index is 0.0246. The lowest BCUT2D eigenvalue weighted by atomic mass is 9.98. The molecule has 0 bridgehead atoms. The van der Waals surface area contributed by atoms with Crippen molar-refractivity contribution in [3.8, 4) is 5.75 Å². The molecule has 3 rings (SSSR count). The Labute approximate surface area is 156 Å². The number of carbonyl (C=O) groups is 1. The van der Waals surface area contributed by atoms with Gasteiger partial charge in [-0.3, -0.25) is 4.90 Å². The molecule has 0 radical (unpaired) electrons. The van der Waals surface area contributed by atoms with E-state index in [1.165, 1.54) is 17.0 Å². The highest BCUT2D eigenvalue weighted by molar-refractivity contribution is 5.66. The van der Waals surface area contributed by atoms with Crippen LogP contribution in [0.25, 0.3) is 0 Å². The average molecular weight is 403 g/mol. The van der Waals surface area contributed by atoms with Crippen LogP contribution in [0, 0.1) is 5.82 Å². The van der Waals surface area contributed by atoms with Gasteiger partial charge in [0.2, 0.25) is 0 Å². The van der Waals surface area contributed by atoms with Crippen LogP contribution < -0.4 is 4.74 Å². The van der Waals surface area contributed by atoms with Crippen LogP contribution in [0.15, 0.2) is 36.4 Å². The largest absolute Gasteiger partial charge is 0.488 e. The molecule has 150 valence electrons. The summed E-state index contributed by atoms with van der Waals surface area (Å²) in [5.41, 5.74) is -0.641. The minimum Gasteiger partial charge on any atom is -0.488 e. The molecule has 0 fully saturated rings. The second-order valence-corrected chi connectivity index (χ2v) is 6.36. The fraction of sp³-hybridized carbons (Fsp3) is 0.316. The van der Waals surface area contributed by atoms with Crippen molar-refractivity contribution in [1.82, 2.24) is 4.90 Å². The SMILES string of the molecule is O=CC1c2c(cc(F)cc2C(F)(F)F)CN1Cc1ccc(OCC(F)F)cc1. The number of fused-ring (bicyclic) bond motifs is 1. The lowest BCUT2D eigenvalue weighted by molar-refractivity contribution is -0.138. The second-order valence-electron chi connectivity index (χ2n) is 6.36. The number of hydrogen-bond acceptors (Lipinski definition) is 3. The van der Waals surface area contributed by atoms with E-state index in [0.29, 0.717) is 17.9 Å². The van der Waals surface area contributed by atoms with Crippen LogP contribution in [0.3, 0.4) is 0 Å². The molecule has 1 aliphatic heterocycles. The molecule has 0 aliphatic carbocycles. The maximum Gasteiger partial charge on any atom is 0.416 e. The fourth-order valence-electron chi connectivity index (χ4n) is 3.28. The minimum atomic E-state index is -4.78. The Morgan fingerprint density at radius 1 is 1.18 bits per heavy atom. The molecule has 0 saturated carbocycles. The Kier molecular flexibility index (Phi) is 5.64. The van der Waals surface area contributed by atoms with E-state index in [1.807, 2.05) is 0 Å². The summed E-state index contributed by atoms with van der Waals surface area (Å²) in [5.74, 6) is -0.791. The van der Waals surface area contributed by atoms with Gasteiger partial charge < -0.3 is 9.53 Å². The van der Waals surface area contributed by atoms with Crippen molar-refractivity contribution in [3.05, 3.63) is 64.5 Å². The number of ether oxygens (including phenoxy) is 1. The Morgan fingerprint density at radius 3 is 2.43 bits per heavy atom. The van der Waals surface area contributed by atoms with Gasteiger partial charge in [0.25, 0.3) is 6.43 Å². The van der Waals surface area contributed by atoms with E-state index < -0.39 is 36.6 Å². The molecule has 2 aromatic carbocycles. The maximum atomic E-state index is 13.6. The molecular weight excluding hydrogens is 388 g/mol. The summed E-state index contributed by atoms with van der Waals surface area (Å²) in [5, 5.41) is 0. The zero-order chi connectivity index (χ0) is 20.5. The van der Waals surface area contributed by atoms with Crippen LogP contribution in [0.1, 0.15) is 28.3 Å². The number of halogens is 6. The maximum absolute atomic E-state index is 13.6. The summed E-state index contributed by atoms with van der Waals surface area (Å²) in [6, 6.07) is 6.28. The smallest absolute Gasteiger partial charge is 0.416 e. The molecule has 0 amide bonds. The number of aldehydes is 1. The molecule has 0 saturated heterocycles. The predicted octanol–water partition coefficient (Wildman–Crippen LogP) is 4.74. The van der Waals surface area contributed by atoms with Crippen LogP contribution in [-0.4, -0.2) is 24.2 Å². The highest BCUT2D eigenvalue weighted by Gasteiger charge is 2.41. The van der Waals surface area contributed by atoms with E-state index >= 15 is 0 Å². The number of hydrogen-bond donors (Lipinski definition) is 0. The van der Waals surface area contributed by atoms with Crippen LogP contribution in [0.5, 0.6) is 5.75 Å². The van der Waals surface area contributed by atoms with Crippen LogP contribution >= 0.6 is 0 Å². The van der Waals surface area contributed by atoms with Gasteiger partial charge in [0, 0.05) is 13.1 Å². The quantitative estimate of drug-likeness (QED) is 0.515. The van der Waals surface area contributed by atoms with Gasteiger partial charge in [-0.1, -0.05) is 12.1 Å². The van der Waals surface area contributed by atoms with Gasteiger partial charge in [0.05, 0.1) is 11.6 Å². The van der Waals surface area contributed by atoms with E-state index in [0.717, 1.165) is 6.07 Å². The highest BCUT2D eigenvalue weighted by atomic mass is 19.4. The van der Waals surface area contributed by atoms with Crippen molar-refractivity contribution < 1.29 is 35.9 Å². The van der Waals surface area contributed by atoms with E-state index in [4.69, 9.17) is 4.74 Å². The molecule has 0 aromatic heterocycles. The zero-order valence-electron chi connectivity index (χ0n) is 14.3. The fourth-order valence-corrected chi connectivity index (χ4v) is 3.28. The molecule has 1 aliphatic rings. The number of rotatable bonds is 6. The van der Waals surface area contributed by atoms with Crippen molar-refractivity contribution >= 4 is 6.29 Å². The number of alkyl halides is 5. The van der Waals surface area contributed by atoms with Crippen molar-refractivity contribution in [2.24, 2.45) is 0 Å². The topological polar surface area (TPSA) is 29.5 Å². The molecule has 1 atom stereocenters.